The fourth-order valence-corrected chi connectivity index (χ4v) is 2.19. The number of hydrogen-bond acceptors (Lipinski definition) is 3. The monoisotopic (exact) mass is 250 g/mol. The van der Waals surface area contributed by atoms with Crippen LogP contribution < -0.4 is 5.32 Å². The summed E-state index contributed by atoms with van der Waals surface area (Å²) >= 11 is 0. The molecule has 1 aromatic rings. The molecule has 3 nitrogen and oxygen atoms in total. The third kappa shape index (κ3) is 4.41. The molecule has 1 rings (SSSR count). The number of likely N-dealkylation sites (N-methyl/N-ethyl adjacent to an activating group) is 1. The SMILES string of the molecule is CCN(CC)CCNC(CO)c1ccccc1C. The number of nitrogens with zero attached hydrogens (tertiary/aromatic N) is 1. The maximum absolute atomic E-state index is 9.51. The first-order valence-corrected chi connectivity index (χ1v) is 6.85. The lowest BCUT2D eigenvalue weighted by Crippen LogP contribution is -2.35. The van der Waals surface area contributed by atoms with Crippen LogP contribution in [0.1, 0.15) is 31.0 Å². The number of aryl methyl sites for hydroxylation is 1. The molecule has 0 aliphatic carbocycles. The molecule has 0 radical (unpaired) electrons. The summed E-state index contributed by atoms with van der Waals surface area (Å²) in [4.78, 5) is 2.37. The van der Waals surface area contributed by atoms with Crippen molar-refractivity contribution in [3.05, 3.63) is 35.4 Å². The van der Waals surface area contributed by atoms with Crippen molar-refractivity contribution < 1.29 is 5.11 Å². The van der Waals surface area contributed by atoms with Gasteiger partial charge < -0.3 is 15.3 Å². The molecular weight excluding hydrogens is 224 g/mol. The Kier molecular flexibility index (Phi) is 6.94. The maximum Gasteiger partial charge on any atom is 0.0626 e. The molecule has 0 aliphatic heterocycles. The van der Waals surface area contributed by atoms with Gasteiger partial charge >= 0.3 is 0 Å². The van der Waals surface area contributed by atoms with Crippen LogP contribution in [0.5, 0.6) is 0 Å². The van der Waals surface area contributed by atoms with E-state index in [0.717, 1.165) is 26.2 Å². The van der Waals surface area contributed by atoms with Crippen LogP contribution in [-0.2, 0) is 0 Å². The van der Waals surface area contributed by atoms with Gasteiger partial charge in [-0.3, -0.25) is 0 Å². The zero-order chi connectivity index (χ0) is 13.4. The van der Waals surface area contributed by atoms with Crippen molar-refractivity contribution in [1.29, 1.82) is 0 Å². The molecule has 1 unspecified atom stereocenters. The van der Waals surface area contributed by atoms with E-state index in [1.165, 1.54) is 11.1 Å². The number of aliphatic hydroxyl groups excluding tert-OH is 1. The van der Waals surface area contributed by atoms with Gasteiger partial charge in [-0.2, -0.15) is 0 Å². The fraction of sp³-hybridized carbons (Fsp3) is 0.600. The zero-order valence-corrected chi connectivity index (χ0v) is 11.8. The molecule has 0 aromatic heterocycles. The summed E-state index contributed by atoms with van der Waals surface area (Å²) in [6.45, 7) is 10.7. The van der Waals surface area contributed by atoms with Crippen molar-refractivity contribution in [2.24, 2.45) is 0 Å². The predicted octanol–water partition coefficient (Wildman–Crippen LogP) is 1.96. The van der Waals surface area contributed by atoms with Crippen LogP contribution in [0.2, 0.25) is 0 Å². The Balaban J connectivity index is 2.50. The smallest absolute Gasteiger partial charge is 0.0626 e. The number of nitrogens with one attached hydrogen (secondary N) is 1. The molecule has 1 atom stereocenters. The van der Waals surface area contributed by atoms with E-state index in [9.17, 15) is 5.11 Å². The van der Waals surface area contributed by atoms with Crippen LogP contribution in [0.4, 0.5) is 0 Å². The van der Waals surface area contributed by atoms with Gasteiger partial charge in [-0.05, 0) is 31.1 Å². The number of aliphatic hydroxyl groups is 1. The molecule has 0 amide bonds. The zero-order valence-electron chi connectivity index (χ0n) is 11.8. The second-order valence-corrected chi connectivity index (χ2v) is 4.57. The minimum absolute atomic E-state index is 0.0433. The summed E-state index contributed by atoms with van der Waals surface area (Å²) in [5, 5.41) is 12.9. The van der Waals surface area contributed by atoms with E-state index < -0.39 is 0 Å². The summed E-state index contributed by atoms with van der Waals surface area (Å²) in [6, 6.07) is 8.27. The van der Waals surface area contributed by atoms with E-state index in [4.69, 9.17) is 0 Å². The van der Waals surface area contributed by atoms with Gasteiger partial charge in [-0.1, -0.05) is 38.1 Å². The van der Waals surface area contributed by atoms with Gasteiger partial charge in [0.05, 0.1) is 12.6 Å². The number of benzene rings is 1. The van der Waals surface area contributed by atoms with Crippen molar-refractivity contribution in [1.82, 2.24) is 10.2 Å². The third-order valence-corrected chi connectivity index (χ3v) is 3.46. The average Bonchev–Trinajstić information content (AvgIpc) is 2.40. The summed E-state index contributed by atoms with van der Waals surface area (Å²) in [6.07, 6.45) is 0. The number of rotatable bonds is 8. The average molecular weight is 250 g/mol. The normalized spacial score (nSPS) is 12.9. The molecule has 0 spiro atoms. The van der Waals surface area contributed by atoms with Crippen molar-refractivity contribution in [3.8, 4) is 0 Å². The Bertz CT molecular complexity index is 337. The summed E-state index contributed by atoms with van der Waals surface area (Å²) < 4.78 is 0. The quantitative estimate of drug-likeness (QED) is 0.740. The summed E-state index contributed by atoms with van der Waals surface area (Å²) in [7, 11) is 0. The van der Waals surface area contributed by atoms with E-state index in [-0.39, 0.29) is 12.6 Å². The first-order chi connectivity index (χ1) is 8.72. The second-order valence-electron chi connectivity index (χ2n) is 4.57. The molecule has 0 fully saturated rings. The van der Waals surface area contributed by atoms with E-state index in [1.54, 1.807) is 0 Å². The summed E-state index contributed by atoms with van der Waals surface area (Å²) in [5.41, 5.74) is 2.42. The van der Waals surface area contributed by atoms with Crippen LogP contribution in [-0.4, -0.2) is 42.8 Å². The lowest BCUT2D eigenvalue weighted by molar-refractivity contribution is 0.233. The van der Waals surface area contributed by atoms with Crippen molar-refractivity contribution in [3.63, 3.8) is 0 Å². The molecule has 102 valence electrons. The summed E-state index contributed by atoms with van der Waals surface area (Å²) in [5.74, 6) is 0. The van der Waals surface area contributed by atoms with Gasteiger partial charge in [0, 0.05) is 13.1 Å². The molecule has 18 heavy (non-hydrogen) atoms. The molecule has 0 heterocycles. The molecule has 3 heteroatoms. The van der Waals surface area contributed by atoms with Gasteiger partial charge in [0.15, 0.2) is 0 Å². The standard InChI is InChI=1S/C15H26N2O/c1-4-17(5-2)11-10-16-15(12-18)14-9-7-6-8-13(14)3/h6-9,15-16,18H,4-5,10-12H2,1-3H3. The van der Waals surface area contributed by atoms with Gasteiger partial charge in [-0.15, -0.1) is 0 Å². The highest BCUT2D eigenvalue weighted by Crippen LogP contribution is 2.16. The van der Waals surface area contributed by atoms with Crippen LogP contribution in [0.3, 0.4) is 0 Å². The van der Waals surface area contributed by atoms with Crippen LogP contribution >= 0.6 is 0 Å². The lowest BCUT2D eigenvalue weighted by atomic mass is 10.0. The van der Waals surface area contributed by atoms with Crippen molar-refractivity contribution in [2.45, 2.75) is 26.8 Å². The van der Waals surface area contributed by atoms with Gasteiger partial charge in [0.25, 0.3) is 0 Å². The maximum atomic E-state index is 9.51. The topological polar surface area (TPSA) is 35.5 Å². The fourth-order valence-electron chi connectivity index (χ4n) is 2.19. The molecule has 0 saturated heterocycles. The molecular formula is C15H26N2O. The minimum Gasteiger partial charge on any atom is -0.394 e. The molecule has 0 bridgehead atoms. The first-order valence-electron chi connectivity index (χ1n) is 6.85. The largest absolute Gasteiger partial charge is 0.394 e. The van der Waals surface area contributed by atoms with Gasteiger partial charge in [0.1, 0.15) is 0 Å². The lowest BCUT2D eigenvalue weighted by Gasteiger charge is -2.22. The molecule has 2 N–H and O–H groups in total. The van der Waals surface area contributed by atoms with E-state index in [2.05, 4.69) is 43.1 Å². The Morgan fingerprint density at radius 2 is 1.89 bits per heavy atom. The van der Waals surface area contributed by atoms with Crippen LogP contribution in [0.25, 0.3) is 0 Å². The second kappa shape index (κ2) is 8.25. The van der Waals surface area contributed by atoms with Crippen LogP contribution in [0, 0.1) is 6.92 Å². The van der Waals surface area contributed by atoms with Gasteiger partial charge in [0.2, 0.25) is 0 Å². The first kappa shape index (κ1) is 15.2. The number of hydrogen-bond donors (Lipinski definition) is 2. The van der Waals surface area contributed by atoms with Crippen molar-refractivity contribution >= 4 is 0 Å². The molecule has 0 aliphatic rings. The highest BCUT2D eigenvalue weighted by molar-refractivity contribution is 5.28. The van der Waals surface area contributed by atoms with Crippen molar-refractivity contribution in [2.75, 3.05) is 32.8 Å². The van der Waals surface area contributed by atoms with Crippen LogP contribution in [0.15, 0.2) is 24.3 Å². The Morgan fingerprint density at radius 3 is 2.44 bits per heavy atom. The Hall–Kier alpha value is -0.900. The highest BCUT2D eigenvalue weighted by atomic mass is 16.3. The van der Waals surface area contributed by atoms with E-state index in [0.29, 0.717) is 0 Å². The van der Waals surface area contributed by atoms with E-state index in [1.807, 2.05) is 12.1 Å². The molecule has 0 saturated carbocycles. The highest BCUT2D eigenvalue weighted by Gasteiger charge is 2.11. The third-order valence-electron chi connectivity index (χ3n) is 3.46. The Labute approximate surface area is 111 Å². The minimum atomic E-state index is 0.0433. The molecule has 1 aromatic carbocycles. The predicted molar refractivity (Wildman–Crippen MR) is 76.8 cm³/mol. The van der Waals surface area contributed by atoms with E-state index >= 15 is 0 Å². The Morgan fingerprint density at radius 1 is 1.22 bits per heavy atom. The van der Waals surface area contributed by atoms with Gasteiger partial charge in [-0.25, -0.2) is 0 Å².